The van der Waals surface area contributed by atoms with Crippen LogP contribution >= 0.6 is 0 Å². The highest BCUT2D eigenvalue weighted by atomic mass is 16.2. The fourth-order valence-electron chi connectivity index (χ4n) is 4.06. The summed E-state index contributed by atoms with van der Waals surface area (Å²) in [6.07, 6.45) is 1.05. The number of benzene rings is 2. The number of rotatable bonds is 8. The molecule has 1 aliphatic rings. The Balaban J connectivity index is 1.62. The molecule has 3 N–H and O–H groups in total. The summed E-state index contributed by atoms with van der Waals surface area (Å²) in [5.74, 6) is 0.247. The fraction of sp³-hybridized carbons (Fsp3) is 0.417. The second-order valence-corrected chi connectivity index (χ2v) is 7.93. The van der Waals surface area contributed by atoms with Crippen molar-refractivity contribution in [3.8, 4) is 0 Å². The van der Waals surface area contributed by atoms with Gasteiger partial charge in [-0.05, 0) is 24.5 Å². The van der Waals surface area contributed by atoms with E-state index in [2.05, 4.69) is 36.5 Å². The third kappa shape index (κ3) is 6.07. The van der Waals surface area contributed by atoms with Gasteiger partial charge in [-0.2, -0.15) is 0 Å². The normalized spacial score (nSPS) is 16.5. The zero-order valence-electron chi connectivity index (χ0n) is 17.7. The van der Waals surface area contributed by atoms with Crippen molar-refractivity contribution in [1.82, 2.24) is 15.1 Å². The SMILES string of the molecule is C[C@@H]1CN(C(=O)CCN(CCC(c2ccccc2)c2ccccc2)C(N)=O)CCN1. The highest BCUT2D eigenvalue weighted by molar-refractivity contribution is 5.78. The van der Waals surface area contributed by atoms with Gasteiger partial charge < -0.3 is 20.9 Å². The Hall–Kier alpha value is -2.86. The van der Waals surface area contributed by atoms with E-state index >= 15 is 0 Å². The van der Waals surface area contributed by atoms with Crippen molar-refractivity contribution in [2.45, 2.75) is 31.7 Å². The van der Waals surface area contributed by atoms with Crippen molar-refractivity contribution in [3.63, 3.8) is 0 Å². The summed E-state index contributed by atoms with van der Waals surface area (Å²) in [6.45, 7) is 5.16. The minimum Gasteiger partial charge on any atom is -0.351 e. The molecule has 1 atom stereocenters. The molecule has 0 radical (unpaired) electrons. The molecule has 1 heterocycles. The van der Waals surface area contributed by atoms with Crippen LogP contribution in [0.15, 0.2) is 60.7 Å². The molecule has 2 aromatic rings. The summed E-state index contributed by atoms with van der Waals surface area (Å²) in [7, 11) is 0. The van der Waals surface area contributed by atoms with Crippen LogP contribution in [0.5, 0.6) is 0 Å². The number of nitrogens with zero attached hydrogens (tertiary/aromatic N) is 2. The molecule has 0 spiro atoms. The molecule has 1 fully saturated rings. The number of hydrogen-bond donors (Lipinski definition) is 2. The molecule has 6 nitrogen and oxygen atoms in total. The predicted molar refractivity (Wildman–Crippen MR) is 119 cm³/mol. The Kier molecular flexibility index (Phi) is 7.85. The number of nitrogens with two attached hydrogens (primary N) is 1. The lowest BCUT2D eigenvalue weighted by Crippen LogP contribution is -2.52. The minimum absolute atomic E-state index is 0.0808. The molecular weight excluding hydrogens is 376 g/mol. The van der Waals surface area contributed by atoms with Gasteiger partial charge >= 0.3 is 6.03 Å². The van der Waals surface area contributed by atoms with Crippen molar-refractivity contribution >= 4 is 11.9 Å². The molecule has 0 aliphatic carbocycles. The summed E-state index contributed by atoms with van der Waals surface area (Å²) in [5, 5.41) is 3.34. The van der Waals surface area contributed by atoms with Crippen LogP contribution in [0.2, 0.25) is 0 Å². The van der Waals surface area contributed by atoms with Crippen LogP contribution in [0.4, 0.5) is 4.79 Å². The Morgan fingerprint density at radius 3 is 2.20 bits per heavy atom. The number of hydrogen-bond acceptors (Lipinski definition) is 3. The van der Waals surface area contributed by atoms with Crippen molar-refractivity contribution in [2.75, 3.05) is 32.7 Å². The lowest BCUT2D eigenvalue weighted by atomic mass is 9.88. The number of nitrogens with one attached hydrogen (secondary N) is 1. The molecule has 3 rings (SSSR count). The van der Waals surface area contributed by atoms with Crippen molar-refractivity contribution in [2.24, 2.45) is 5.73 Å². The van der Waals surface area contributed by atoms with Gasteiger partial charge in [-0.15, -0.1) is 0 Å². The number of amides is 3. The first-order valence-corrected chi connectivity index (χ1v) is 10.7. The predicted octanol–water partition coefficient (Wildman–Crippen LogP) is 2.80. The monoisotopic (exact) mass is 408 g/mol. The minimum atomic E-state index is -0.476. The highest BCUT2D eigenvalue weighted by Gasteiger charge is 2.22. The third-order valence-corrected chi connectivity index (χ3v) is 5.72. The van der Waals surface area contributed by atoms with Crippen LogP contribution < -0.4 is 11.1 Å². The maximum Gasteiger partial charge on any atom is 0.314 e. The van der Waals surface area contributed by atoms with E-state index in [-0.39, 0.29) is 11.8 Å². The van der Waals surface area contributed by atoms with Gasteiger partial charge in [0.05, 0.1) is 0 Å². The second-order valence-electron chi connectivity index (χ2n) is 7.93. The fourth-order valence-corrected chi connectivity index (χ4v) is 4.06. The number of primary amides is 1. The van der Waals surface area contributed by atoms with Gasteiger partial charge in [0.2, 0.25) is 5.91 Å². The maximum atomic E-state index is 12.6. The van der Waals surface area contributed by atoms with Gasteiger partial charge in [-0.3, -0.25) is 4.79 Å². The van der Waals surface area contributed by atoms with Gasteiger partial charge in [0.25, 0.3) is 0 Å². The van der Waals surface area contributed by atoms with Crippen LogP contribution in [-0.2, 0) is 4.79 Å². The number of carbonyl (C=O) groups is 2. The molecule has 2 aromatic carbocycles. The largest absolute Gasteiger partial charge is 0.351 e. The van der Waals surface area contributed by atoms with Crippen molar-refractivity contribution in [1.29, 1.82) is 0 Å². The van der Waals surface area contributed by atoms with Gasteiger partial charge in [0.15, 0.2) is 0 Å². The van der Waals surface area contributed by atoms with Crippen LogP contribution in [0.3, 0.4) is 0 Å². The number of urea groups is 1. The van der Waals surface area contributed by atoms with E-state index in [0.717, 1.165) is 13.0 Å². The molecular formula is C24H32N4O2. The van der Waals surface area contributed by atoms with Crippen molar-refractivity contribution in [3.05, 3.63) is 71.8 Å². The van der Waals surface area contributed by atoms with E-state index in [4.69, 9.17) is 5.73 Å². The van der Waals surface area contributed by atoms with Gasteiger partial charge in [0, 0.05) is 51.1 Å². The average molecular weight is 409 g/mol. The van der Waals surface area contributed by atoms with Crippen LogP contribution in [0.25, 0.3) is 0 Å². The molecule has 1 saturated heterocycles. The van der Waals surface area contributed by atoms with E-state index < -0.39 is 6.03 Å². The Labute approximate surface area is 179 Å². The van der Waals surface area contributed by atoms with E-state index in [0.29, 0.717) is 38.6 Å². The molecule has 0 saturated carbocycles. The summed E-state index contributed by atoms with van der Waals surface area (Å²) in [5.41, 5.74) is 8.05. The lowest BCUT2D eigenvalue weighted by Gasteiger charge is -2.32. The van der Waals surface area contributed by atoms with E-state index in [9.17, 15) is 9.59 Å². The Morgan fingerprint density at radius 2 is 1.67 bits per heavy atom. The Bertz CT molecular complexity index is 773. The number of piperazine rings is 1. The summed E-state index contributed by atoms with van der Waals surface area (Å²) < 4.78 is 0. The van der Waals surface area contributed by atoms with Crippen LogP contribution in [-0.4, -0.2) is 60.5 Å². The zero-order valence-corrected chi connectivity index (χ0v) is 17.7. The van der Waals surface area contributed by atoms with Gasteiger partial charge in [-0.25, -0.2) is 4.79 Å². The van der Waals surface area contributed by atoms with Crippen LogP contribution in [0, 0.1) is 0 Å². The third-order valence-electron chi connectivity index (χ3n) is 5.72. The van der Waals surface area contributed by atoms with E-state index in [1.807, 2.05) is 41.3 Å². The molecule has 30 heavy (non-hydrogen) atoms. The average Bonchev–Trinajstić information content (AvgIpc) is 2.77. The van der Waals surface area contributed by atoms with Crippen molar-refractivity contribution < 1.29 is 9.59 Å². The summed E-state index contributed by atoms with van der Waals surface area (Å²) >= 11 is 0. The molecule has 3 amide bonds. The maximum absolute atomic E-state index is 12.6. The smallest absolute Gasteiger partial charge is 0.314 e. The standard InChI is InChI=1S/C24H32N4O2/c1-19-18-28(17-14-26-19)23(29)13-16-27(24(25)30)15-12-22(20-8-4-2-5-9-20)21-10-6-3-7-11-21/h2-11,19,22,26H,12-18H2,1H3,(H2,25,30)/t19-/m1/s1. The first kappa shape index (κ1) is 21.8. The topological polar surface area (TPSA) is 78.7 Å². The number of carbonyl (C=O) groups excluding carboxylic acids is 2. The lowest BCUT2D eigenvalue weighted by molar-refractivity contribution is -0.132. The first-order valence-electron chi connectivity index (χ1n) is 10.7. The van der Waals surface area contributed by atoms with E-state index in [1.54, 1.807) is 4.90 Å². The molecule has 160 valence electrons. The van der Waals surface area contributed by atoms with Crippen LogP contribution in [0.1, 0.15) is 36.8 Å². The van der Waals surface area contributed by atoms with Gasteiger partial charge in [0.1, 0.15) is 0 Å². The Morgan fingerprint density at radius 1 is 1.07 bits per heavy atom. The van der Waals surface area contributed by atoms with E-state index in [1.165, 1.54) is 11.1 Å². The second kappa shape index (κ2) is 10.8. The zero-order chi connectivity index (χ0) is 21.3. The molecule has 1 aliphatic heterocycles. The quantitative estimate of drug-likeness (QED) is 0.705. The molecule has 0 bridgehead atoms. The summed E-state index contributed by atoms with van der Waals surface area (Å²) in [6, 6.07) is 20.4. The molecule has 6 heteroatoms. The highest BCUT2D eigenvalue weighted by Crippen LogP contribution is 2.28. The van der Waals surface area contributed by atoms with Gasteiger partial charge in [-0.1, -0.05) is 60.7 Å². The molecule has 0 aromatic heterocycles. The molecule has 0 unspecified atom stereocenters. The first-order chi connectivity index (χ1) is 14.5. The summed E-state index contributed by atoms with van der Waals surface area (Å²) in [4.78, 5) is 28.1.